The number of hydrogen-bond acceptors (Lipinski definition) is 2. The van der Waals surface area contributed by atoms with Gasteiger partial charge >= 0.3 is 0 Å². The minimum atomic E-state index is -0.0494. The van der Waals surface area contributed by atoms with Gasteiger partial charge in [-0.3, -0.25) is 9.36 Å². The van der Waals surface area contributed by atoms with Crippen LogP contribution >= 0.6 is 22.6 Å². The molecule has 0 aliphatic rings. The molecule has 0 radical (unpaired) electrons. The molecule has 1 heterocycles. The van der Waals surface area contributed by atoms with Gasteiger partial charge in [0.2, 0.25) is 0 Å². The van der Waals surface area contributed by atoms with Crippen molar-refractivity contribution in [2.75, 3.05) is 0 Å². The van der Waals surface area contributed by atoms with Crippen LogP contribution in [-0.4, -0.2) is 15.5 Å². The summed E-state index contributed by atoms with van der Waals surface area (Å²) in [7, 11) is 0. The summed E-state index contributed by atoms with van der Waals surface area (Å²) in [6.45, 7) is 2.03. The van der Waals surface area contributed by atoms with Crippen molar-refractivity contribution in [2.24, 2.45) is 0 Å². The van der Waals surface area contributed by atoms with Gasteiger partial charge in [0.05, 0.1) is 11.0 Å². The fourth-order valence-electron chi connectivity index (χ4n) is 1.99. The molecule has 0 amide bonds. The number of nitrogens with zero attached hydrogens (tertiary/aromatic N) is 2. The van der Waals surface area contributed by atoms with Crippen LogP contribution < -0.4 is 0 Å². The second-order valence-electron chi connectivity index (χ2n) is 4.37. The average Bonchev–Trinajstić information content (AvgIpc) is 2.85. The first-order valence-electron chi connectivity index (χ1n) is 5.90. The topological polar surface area (TPSA) is 34.9 Å². The Morgan fingerprint density at radius 2 is 2.00 bits per heavy atom. The van der Waals surface area contributed by atoms with Gasteiger partial charge in [0.1, 0.15) is 6.33 Å². The SMILES string of the molecule is Cc1ccc(C(=O)n2cnc3ccccc32)cc1I. The number of imidazole rings is 1. The fourth-order valence-corrected chi connectivity index (χ4v) is 2.50. The number of aryl methyl sites for hydroxylation is 1. The second kappa shape index (κ2) is 4.77. The highest BCUT2D eigenvalue weighted by molar-refractivity contribution is 14.1. The number of benzene rings is 2. The number of para-hydroxylation sites is 2. The van der Waals surface area contributed by atoms with Gasteiger partial charge in [-0.1, -0.05) is 18.2 Å². The molecule has 19 heavy (non-hydrogen) atoms. The van der Waals surface area contributed by atoms with Gasteiger partial charge in [0.15, 0.2) is 0 Å². The van der Waals surface area contributed by atoms with Crippen molar-refractivity contribution in [3.05, 3.63) is 63.5 Å². The Kier molecular flexibility index (Phi) is 3.10. The highest BCUT2D eigenvalue weighted by Gasteiger charge is 2.12. The third kappa shape index (κ3) is 2.16. The summed E-state index contributed by atoms with van der Waals surface area (Å²) in [5.41, 5.74) is 3.52. The van der Waals surface area contributed by atoms with Gasteiger partial charge in [-0.2, -0.15) is 0 Å². The molecule has 0 fully saturated rings. The van der Waals surface area contributed by atoms with Crippen molar-refractivity contribution >= 4 is 39.5 Å². The number of halogens is 1. The molecule has 3 rings (SSSR count). The molecule has 0 atom stereocenters. The van der Waals surface area contributed by atoms with Crippen LogP contribution in [0.15, 0.2) is 48.8 Å². The Morgan fingerprint density at radius 3 is 2.79 bits per heavy atom. The molecule has 94 valence electrons. The maximum Gasteiger partial charge on any atom is 0.263 e. The van der Waals surface area contributed by atoms with Crippen molar-refractivity contribution in [3.63, 3.8) is 0 Å². The molecule has 1 aromatic heterocycles. The first-order chi connectivity index (χ1) is 9.16. The molecule has 0 bridgehead atoms. The Hall–Kier alpha value is -1.69. The summed E-state index contributed by atoms with van der Waals surface area (Å²) in [6.07, 6.45) is 1.58. The van der Waals surface area contributed by atoms with Gasteiger partial charge in [0, 0.05) is 9.13 Å². The molecule has 0 unspecified atom stereocenters. The second-order valence-corrected chi connectivity index (χ2v) is 5.53. The minimum absolute atomic E-state index is 0.0494. The van der Waals surface area contributed by atoms with Crippen LogP contribution in [0.25, 0.3) is 11.0 Å². The van der Waals surface area contributed by atoms with E-state index < -0.39 is 0 Å². The Labute approximate surface area is 124 Å². The Morgan fingerprint density at radius 1 is 1.21 bits per heavy atom. The molecule has 3 aromatic rings. The quantitative estimate of drug-likeness (QED) is 0.620. The summed E-state index contributed by atoms with van der Waals surface area (Å²) in [5, 5.41) is 0. The lowest BCUT2D eigenvalue weighted by atomic mass is 10.1. The maximum atomic E-state index is 12.5. The largest absolute Gasteiger partial charge is 0.268 e. The molecule has 0 spiro atoms. The number of hydrogen-bond donors (Lipinski definition) is 0. The molecule has 4 heteroatoms. The summed E-state index contributed by atoms with van der Waals surface area (Å²) in [6, 6.07) is 13.4. The van der Waals surface area contributed by atoms with E-state index in [1.54, 1.807) is 10.9 Å². The van der Waals surface area contributed by atoms with E-state index >= 15 is 0 Å². The molecule has 0 saturated carbocycles. The lowest BCUT2D eigenvalue weighted by Gasteiger charge is -2.05. The van der Waals surface area contributed by atoms with Crippen LogP contribution in [0.1, 0.15) is 15.9 Å². The number of aromatic nitrogens is 2. The van der Waals surface area contributed by atoms with E-state index in [4.69, 9.17) is 0 Å². The molecule has 0 saturated heterocycles. The van der Waals surface area contributed by atoms with Crippen molar-refractivity contribution in [1.29, 1.82) is 0 Å². The van der Waals surface area contributed by atoms with E-state index in [-0.39, 0.29) is 5.91 Å². The van der Waals surface area contributed by atoms with E-state index in [0.717, 1.165) is 14.6 Å². The van der Waals surface area contributed by atoms with Crippen molar-refractivity contribution in [1.82, 2.24) is 9.55 Å². The van der Waals surface area contributed by atoms with Gasteiger partial charge in [-0.15, -0.1) is 0 Å². The molecular weight excluding hydrogens is 351 g/mol. The molecule has 0 N–H and O–H groups in total. The highest BCUT2D eigenvalue weighted by atomic mass is 127. The number of carbonyl (C=O) groups is 1. The van der Waals surface area contributed by atoms with Gasteiger partial charge in [0.25, 0.3) is 5.91 Å². The number of rotatable bonds is 1. The van der Waals surface area contributed by atoms with Crippen molar-refractivity contribution in [2.45, 2.75) is 6.92 Å². The van der Waals surface area contributed by atoms with Gasteiger partial charge in [-0.05, 0) is 59.3 Å². The van der Waals surface area contributed by atoms with Gasteiger partial charge < -0.3 is 0 Å². The predicted octanol–water partition coefficient (Wildman–Crippen LogP) is 3.64. The van der Waals surface area contributed by atoms with Gasteiger partial charge in [-0.25, -0.2) is 4.98 Å². The maximum absolute atomic E-state index is 12.5. The molecule has 0 aliphatic heterocycles. The lowest BCUT2D eigenvalue weighted by molar-refractivity contribution is 0.0964. The van der Waals surface area contributed by atoms with Crippen molar-refractivity contribution in [3.8, 4) is 0 Å². The van der Waals surface area contributed by atoms with Crippen LogP contribution in [0.3, 0.4) is 0 Å². The van der Waals surface area contributed by atoms with Crippen LogP contribution in [0.2, 0.25) is 0 Å². The summed E-state index contributed by atoms with van der Waals surface area (Å²) >= 11 is 2.24. The summed E-state index contributed by atoms with van der Waals surface area (Å²) in [5.74, 6) is -0.0494. The molecule has 2 aromatic carbocycles. The van der Waals surface area contributed by atoms with Crippen LogP contribution in [0, 0.1) is 10.5 Å². The fraction of sp³-hybridized carbons (Fsp3) is 0.0667. The van der Waals surface area contributed by atoms with Crippen molar-refractivity contribution < 1.29 is 4.79 Å². The molecule has 0 aliphatic carbocycles. The van der Waals surface area contributed by atoms with E-state index in [2.05, 4.69) is 27.6 Å². The first kappa shape index (κ1) is 12.3. The van der Waals surface area contributed by atoms with Crippen LogP contribution in [-0.2, 0) is 0 Å². The normalized spacial score (nSPS) is 10.8. The van der Waals surface area contributed by atoms with E-state index in [9.17, 15) is 4.79 Å². The average molecular weight is 362 g/mol. The number of fused-ring (bicyclic) bond motifs is 1. The zero-order valence-corrected chi connectivity index (χ0v) is 12.5. The Balaban J connectivity index is 2.11. The zero-order chi connectivity index (χ0) is 13.4. The predicted molar refractivity (Wildman–Crippen MR) is 83.4 cm³/mol. The van der Waals surface area contributed by atoms with E-state index in [1.807, 2.05) is 49.4 Å². The molecular formula is C15H11IN2O. The minimum Gasteiger partial charge on any atom is -0.268 e. The standard InChI is InChI=1S/C15H11IN2O/c1-10-6-7-11(8-12(10)16)15(19)18-9-17-13-4-2-3-5-14(13)18/h2-9H,1H3. The van der Waals surface area contributed by atoms with Crippen LogP contribution in [0.4, 0.5) is 0 Å². The van der Waals surface area contributed by atoms with E-state index in [0.29, 0.717) is 5.56 Å². The number of carbonyl (C=O) groups excluding carboxylic acids is 1. The Bertz CT molecular complexity index is 777. The molecule has 3 nitrogen and oxygen atoms in total. The third-order valence-electron chi connectivity index (χ3n) is 3.09. The zero-order valence-electron chi connectivity index (χ0n) is 10.3. The summed E-state index contributed by atoms with van der Waals surface area (Å²) in [4.78, 5) is 16.8. The monoisotopic (exact) mass is 362 g/mol. The summed E-state index contributed by atoms with van der Waals surface area (Å²) < 4.78 is 2.68. The first-order valence-corrected chi connectivity index (χ1v) is 6.97. The highest BCUT2D eigenvalue weighted by Crippen LogP contribution is 2.17. The van der Waals surface area contributed by atoms with E-state index in [1.165, 1.54) is 5.56 Å². The van der Waals surface area contributed by atoms with Crippen LogP contribution in [0.5, 0.6) is 0 Å². The third-order valence-corrected chi connectivity index (χ3v) is 4.25. The smallest absolute Gasteiger partial charge is 0.263 e. The lowest BCUT2D eigenvalue weighted by Crippen LogP contribution is -2.11.